The highest BCUT2D eigenvalue weighted by atomic mass is 35.5. The molecule has 0 radical (unpaired) electrons. The Balaban J connectivity index is 2.88. The standard InChI is InChI=1S/C12H11ClFN/c1-7(2)9-6-15-5-8-3-4-10(13)12(14)11(8)9/h3-7H,1-2H3. The van der Waals surface area contributed by atoms with E-state index >= 15 is 0 Å². The Bertz CT molecular complexity index is 508. The minimum absolute atomic E-state index is 0.163. The van der Waals surface area contributed by atoms with Gasteiger partial charge in [0.1, 0.15) is 5.82 Å². The number of halogens is 2. The molecule has 1 aromatic heterocycles. The lowest BCUT2D eigenvalue weighted by molar-refractivity contribution is 0.637. The average molecular weight is 224 g/mol. The number of fused-ring (bicyclic) bond motifs is 1. The molecular formula is C12H11ClFN. The Kier molecular flexibility index (Phi) is 2.61. The molecule has 0 saturated heterocycles. The normalized spacial score (nSPS) is 11.3. The van der Waals surface area contributed by atoms with Crippen molar-refractivity contribution in [2.45, 2.75) is 19.8 Å². The van der Waals surface area contributed by atoms with Gasteiger partial charge in [-0.25, -0.2) is 4.39 Å². The molecule has 1 nitrogen and oxygen atoms in total. The van der Waals surface area contributed by atoms with Crippen LogP contribution in [-0.2, 0) is 0 Å². The van der Waals surface area contributed by atoms with Gasteiger partial charge in [-0.1, -0.05) is 31.5 Å². The Labute approximate surface area is 92.9 Å². The average Bonchev–Trinajstić information content (AvgIpc) is 2.23. The number of nitrogens with zero attached hydrogens (tertiary/aromatic N) is 1. The second kappa shape index (κ2) is 3.78. The summed E-state index contributed by atoms with van der Waals surface area (Å²) in [5.41, 5.74) is 0.896. The maximum Gasteiger partial charge on any atom is 0.149 e. The quantitative estimate of drug-likeness (QED) is 0.708. The zero-order valence-electron chi connectivity index (χ0n) is 8.59. The summed E-state index contributed by atoms with van der Waals surface area (Å²) in [5.74, 6) is -0.116. The molecule has 0 fully saturated rings. The second-order valence-corrected chi connectivity index (χ2v) is 4.25. The first-order valence-electron chi connectivity index (χ1n) is 4.83. The first-order valence-corrected chi connectivity index (χ1v) is 5.20. The summed E-state index contributed by atoms with van der Waals surface area (Å²) in [4.78, 5) is 4.10. The van der Waals surface area contributed by atoms with Gasteiger partial charge in [-0.05, 0) is 17.5 Å². The van der Waals surface area contributed by atoms with Gasteiger partial charge in [0.15, 0.2) is 0 Å². The first-order chi connectivity index (χ1) is 7.11. The van der Waals surface area contributed by atoms with Crippen molar-refractivity contribution in [2.24, 2.45) is 0 Å². The molecule has 3 heteroatoms. The predicted molar refractivity (Wildman–Crippen MR) is 60.8 cm³/mol. The van der Waals surface area contributed by atoms with Crippen LogP contribution in [0, 0.1) is 5.82 Å². The molecule has 1 aromatic carbocycles. The lowest BCUT2D eigenvalue weighted by Gasteiger charge is -2.10. The van der Waals surface area contributed by atoms with Crippen LogP contribution in [-0.4, -0.2) is 4.98 Å². The molecule has 0 unspecified atom stereocenters. The molecule has 0 N–H and O–H groups in total. The molecule has 0 spiro atoms. The third-order valence-electron chi connectivity index (χ3n) is 2.46. The Morgan fingerprint density at radius 3 is 2.67 bits per heavy atom. The number of pyridine rings is 1. The van der Waals surface area contributed by atoms with Gasteiger partial charge in [-0.15, -0.1) is 0 Å². The smallest absolute Gasteiger partial charge is 0.149 e. The van der Waals surface area contributed by atoms with Gasteiger partial charge in [-0.3, -0.25) is 4.98 Å². The van der Waals surface area contributed by atoms with Crippen LogP contribution in [0.5, 0.6) is 0 Å². The van der Waals surface area contributed by atoms with Crippen molar-refractivity contribution in [3.8, 4) is 0 Å². The molecule has 0 aliphatic rings. The van der Waals surface area contributed by atoms with Crippen LogP contribution >= 0.6 is 11.6 Å². The third kappa shape index (κ3) is 1.70. The lowest BCUT2D eigenvalue weighted by Crippen LogP contribution is -1.94. The third-order valence-corrected chi connectivity index (χ3v) is 2.76. The summed E-state index contributed by atoms with van der Waals surface area (Å²) in [6.07, 6.45) is 3.35. The van der Waals surface area contributed by atoms with Gasteiger partial charge in [0, 0.05) is 23.2 Å². The van der Waals surface area contributed by atoms with E-state index in [1.165, 1.54) is 0 Å². The van der Waals surface area contributed by atoms with Gasteiger partial charge in [-0.2, -0.15) is 0 Å². The highest BCUT2D eigenvalue weighted by molar-refractivity contribution is 6.31. The van der Waals surface area contributed by atoms with Crippen LogP contribution in [0.4, 0.5) is 4.39 Å². The van der Waals surface area contributed by atoms with E-state index in [1.807, 2.05) is 13.8 Å². The van der Waals surface area contributed by atoms with Crippen LogP contribution < -0.4 is 0 Å². The summed E-state index contributed by atoms with van der Waals surface area (Å²) >= 11 is 5.77. The summed E-state index contributed by atoms with van der Waals surface area (Å²) in [6, 6.07) is 3.35. The largest absolute Gasteiger partial charge is 0.264 e. The zero-order chi connectivity index (χ0) is 11.0. The molecule has 2 aromatic rings. The summed E-state index contributed by atoms with van der Waals surface area (Å²) in [5, 5.41) is 1.55. The number of hydrogen-bond donors (Lipinski definition) is 0. The fourth-order valence-electron chi connectivity index (χ4n) is 1.67. The summed E-state index contributed by atoms with van der Waals surface area (Å²) < 4.78 is 13.9. The van der Waals surface area contributed by atoms with Crippen LogP contribution in [0.2, 0.25) is 5.02 Å². The summed E-state index contributed by atoms with van der Waals surface area (Å²) in [7, 11) is 0. The minimum Gasteiger partial charge on any atom is -0.264 e. The fourth-order valence-corrected chi connectivity index (χ4v) is 1.82. The van der Waals surface area contributed by atoms with E-state index in [1.54, 1.807) is 24.5 Å². The molecule has 0 aliphatic carbocycles. The van der Waals surface area contributed by atoms with Crippen molar-refractivity contribution < 1.29 is 4.39 Å². The molecule has 0 atom stereocenters. The molecule has 1 heterocycles. The SMILES string of the molecule is CC(C)c1cncc2ccc(Cl)c(F)c12. The van der Waals surface area contributed by atoms with Crippen LogP contribution in [0.3, 0.4) is 0 Å². The van der Waals surface area contributed by atoms with Crippen LogP contribution in [0.1, 0.15) is 25.3 Å². The van der Waals surface area contributed by atoms with E-state index in [2.05, 4.69) is 4.98 Å². The molecule has 0 aliphatic heterocycles. The monoisotopic (exact) mass is 223 g/mol. The number of rotatable bonds is 1. The molecule has 0 amide bonds. The molecule has 0 saturated carbocycles. The van der Waals surface area contributed by atoms with Crippen LogP contribution in [0.25, 0.3) is 10.8 Å². The Morgan fingerprint density at radius 1 is 1.27 bits per heavy atom. The summed E-state index contributed by atoms with van der Waals surface area (Å²) in [6.45, 7) is 4.02. The lowest BCUT2D eigenvalue weighted by atomic mass is 9.98. The topological polar surface area (TPSA) is 12.9 Å². The fraction of sp³-hybridized carbons (Fsp3) is 0.250. The Hall–Kier alpha value is -1.15. The minimum atomic E-state index is -0.347. The first kappa shape index (κ1) is 10.4. The van der Waals surface area contributed by atoms with E-state index in [-0.39, 0.29) is 16.8 Å². The predicted octanol–water partition coefficient (Wildman–Crippen LogP) is 4.15. The second-order valence-electron chi connectivity index (χ2n) is 3.84. The highest BCUT2D eigenvalue weighted by Gasteiger charge is 2.12. The number of benzene rings is 1. The van der Waals surface area contributed by atoms with Crippen LogP contribution in [0.15, 0.2) is 24.5 Å². The van der Waals surface area contributed by atoms with E-state index in [0.717, 1.165) is 10.9 Å². The van der Waals surface area contributed by atoms with Gasteiger partial charge in [0.2, 0.25) is 0 Å². The van der Waals surface area contributed by atoms with Crippen molar-refractivity contribution in [3.63, 3.8) is 0 Å². The van der Waals surface area contributed by atoms with Crippen molar-refractivity contribution >= 4 is 22.4 Å². The van der Waals surface area contributed by atoms with Gasteiger partial charge in [0.25, 0.3) is 0 Å². The molecule has 0 bridgehead atoms. The van der Waals surface area contributed by atoms with Crippen molar-refractivity contribution in [1.82, 2.24) is 4.98 Å². The highest BCUT2D eigenvalue weighted by Crippen LogP contribution is 2.30. The van der Waals surface area contributed by atoms with E-state index < -0.39 is 0 Å². The van der Waals surface area contributed by atoms with E-state index in [9.17, 15) is 4.39 Å². The van der Waals surface area contributed by atoms with Crippen molar-refractivity contribution in [3.05, 3.63) is 40.9 Å². The van der Waals surface area contributed by atoms with E-state index in [4.69, 9.17) is 11.6 Å². The number of hydrogen-bond acceptors (Lipinski definition) is 1. The molecule has 2 rings (SSSR count). The Morgan fingerprint density at radius 2 is 2.00 bits per heavy atom. The maximum atomic E-state index is 13.9. The van der Waals surface area contributed by atoms with Gasteiger partial charge >= 0.3 is 0 Å². The van der Waals surface area contributed by atoms with Crippen molar-refractivity contribution in [2.75, 3.05) is 0 Å². The maximum absolute atomic E-state index is 13.9. The van der Waals surface area contributed by atoms with Gasteiger partial charge < -0.3 is 0 Å². The molecular weight excluding hydrogens is 213 g/mol. The molecule has 78 valence electrons. The number of aromatic nitrogens is 1. The zero-order valence-corrected chi connectivity index (χ0v) is 9.35. The van der Waals surface area contributed by atoms with Crippen molar-refractivity contribution in [1.29, 1.82) is 0 Å². The molecule has 15 heavy (non-hydrogen) atoms. The van der Waals surface area contributed by atoms with E-state index in [0.29, 0.717) is 5.39 Å². The van der Waals surface area contributed by atoms with Gasteiger partial charge in [0.05, 0.1) is 5.02 Å².